The molecule has 11 heteroatoms. The highest BCUT2D eigenvalue weighted by atomic mass is 32.1. The van der Waals surface area contributed by atoms with Gasteiger partial charge in [0, 0.05) is 36.7 Å². The van der Waals surface area contributed by atoms with E-state index in [4.69, 9.17) is 0 Å². The standard InChI is InChI=1S/C19H20FN7O2S/c1-12-13(2)30-19(23-12)24-17-16(27(28)29)18(22-11-21-17)26-9-7-25(8-10-26)15-5-3-14(20)4-6-15/h3-6,11H,7-10H2,1-2H3,(H,21,22,23,24). The molecule has 1 aliphatic rings. The number of nitrogens with zero attached hydrogens (tertiary/aromatic N) is 6. The highest BCUT2D eigenvalue weighted by Gasteiger charge is 2.30. The largest absolute Gasteiger partial charge is 0.368 e. The number of aromatic nitrogens is 3. The van der Waals surface area contributed by atoms with Gasteiger partial charge in [0.1, 0.15) is 12.1 Å². The number of nitro groups is 1. The van der Waals surface area contributed by atoms with Gasteiger partial charge in [0.15, 0.2) is 5.13 Å². The van der Waals surface area contributed by atoms with Crippen molar-refractivity contribution in [1.29, 1.82) is 0 Å². The van der Waals surface area contributed by atoms with E-state index < -0.39 is 4.92 Å². The molecule has 0 unspecified atom stereocenters. The molecule has 1 saturated heterocycles. The molecule has 3 heterocycles. The number of aryl methyl sites for hydroxylation is 2. The first kappa shape index (κ1) is 20.0. The van der Waals surface area contributed by atoms with Crippen LogP contribution in [-0.2, 0) is 0 Å². The zero-order chi connectivity index (χ0) is 21.3. The summed E-state index contributed by atoms with van der Waals surface area (Å²) in [5, 5.41) is 15.4. The summed E-state index contributed by atoms with van der Waals surface area (Å²) in [6, 6.07) is 6.32. The summed E-state index contributed by atoms with van der Waals surface area (Å²) in [4.78, 5) is 29.1. The molecule has 1 fully saturated rings. The Morgan fingerprint density at radius 3 is 2.37 bits per heavy atom. The highest BCUT2D eigenvalue weighted by Crippen LogP contribution is 2.35. The number of hydrogen-bond acceptors (Lipinski definition) is 9. The van der Waals surface area contributed by atoms with Crippen LogP contribution in [0.25, 0.3) is 0 Å². The zero-order valence-electron chi connectivity index (χ0n) is 16.5. The molecule has 1 aliphatic heterocycles. The van der Waals surface area contributed by atoms with Gasteiger partial charge >= 0.3 is 5.69 Å². The van der Waals surface area contributed by atoms with Gasteiger partial charge in [0.05, 0.1) is 10.6 Å². The Kier molecular flexibility index (Phi) is 5.44. The average Bonchev–Trinajstić information content (AvgIpc) is 3.05. The molecule has 1 aromatic carbocycles. The lowest BCUT2D eigenvalue weighted by Gasteiger charge is -2.36. The molecular weight excluding hydrogens is 409 g/mol. The molecule has 1 N–H and O–H groups in total. The third kappa shape index (κ3) is 4.01. The van der Waals surface area contributed by atoms with E-state index in [0.717, 1.165) is 16.3 Å². The number of nitrogens with one attached hydrogen (secondary N) is 1. The third-order valence-electron chi connectivity index (χ3n) is 5.01. The van der Waals surface area contributed by atoms with Crippen molar-refractivity contribution in [2.45, 2.75) is 13.8 Å². The van der Waals surface area contributed by atoms with Gasteiger partial charge in [-0.3, -0.25) is 10.1 Å². The van der Waals surface area contributed by atoms with Gasteiger partial charge in [-0.2, -0.15) is 0 Å². The van der Waals surface area contributed by atoms with E-state index in [1.54, 1.807) is 12.1 Å². The molecular formula is C19H20FN7O2S. The summed E-state index contributed by atoms with van der Waals surface area (Å²) in [5.74, 6) is 0.126. The smallest absolute Gasteiger partial charge is 0.353 e. The fourth-order valence-corrected chi connectivity index (χ4v) is 4.13. The average molecular weight is 429 g/mol. The molecule has 30 heavy (non-hydrogen) atoms. The second kappa shape index (κ2) is 8.19. The van der Waals surface area contributed by atoms with Crippen LogP contribution >= 0.6 is 11.3 Å². The lowest BCUT2D eigenvalue weighted by atomic mass is 10.2. The summed E-state index contributed by atoms with van der Waals surface area (Å²) in [7, 11) is 0. The van der Waals surface area contributed by atoms with Crippen LogP contribution in [0.4, 0.5) is 32.5 Å². The van der Waals surface area contributed by atoms with Crippen LogP contribution in [0.3, 0.4) is 0 Å². The first-order valence-electron chi connectivity index (χ1n) is 9.38. The third-order valence-corrected chi connectivity index (χ3v) is 6.00. The molecule has 0 atom stereocenters. The number of anilines is 4. The predicted octanol–water partition coefficient (Wildman–Crippen LogP) is 3.67. The molecule has 156 valence electrons. The maximum atomic E-state index is 13.2. The van der Waals surface area contributed by atoms with Gasteiger partial charge in [0.2, 0.25) is 11.6 Å². The van der Waals surface area contributed by atoms with E-state index in [1.165, 1.54) is 29.8 Å². The molecule has 2 aromatic heterocycles. The molecule has 0 radical (unpaired) electrons. The number of hydrogen-bond donors (Lipinski definition) is 1. The van der Waals surface area contributed by atoms with Gasteiger partial charge in [-0.1, -0.05) is 0 Å². The molecule has 9 nitrogen and oxygen atoms in total. The van der Waals surface area contributed by atoms with Crippen LogP contribution in [0.1, 0.15) is 10.6 Å². The summed E-state index contributed by atoms with van der Waals surface area (Å²) >= 11 is 1.42. The highest BCUT2D eigenvalue weighted by molar-refractivity contribution is 7.15. The molecule has 3 aromatic rings. The Labute approximate surface area is 176 Å². The van der Waals surface area contributed by atoms with E-state index >= 15 is 0 Å². The van der Waals surface area contributed by atoms with Gasteiger partial charge < -0.3 is 15.1 Å². The maximum Gasteiger partial charge on any atom is 0.353 e. The Morgan fingerprint density at radius 1 is 1.10 bits per heavy atom. The lowest BCUT2D eigenvalue weighted by molar-refractivity contribution is -0.383. The van der Waals surface area contributed by atoms with Crippen LogP contribution in [-0.4, -0.2) is 46.1 Å². The normalized spacial score (nSPS) is 14.1. The summed E-state index contributed by atoms with van der Waals surface area (Å²) < 4.78 is 13.2. The molecule has 0 spiro atoms. The second-order valence-electron chi connectivity index (χ2n) is 6.89. The van der Waals surface area contributed by atoms with Crippen LogP contribution in [0.2, 0.25) is 0 Å². The number of piperazine rings is 1. The quantitative estimate of drug-likeness (QED) is 0.484. The van der Waals surface area contributed by atoms with Gasteiger partial charge in [0.25, 0.3) is 0 Å². The number of thiazole rings is 1. The van der Waals surface area contributed by atoms with Crippen LogP contribution in [0, 0.1) is 29.8 Å². The van der Waals surface area contributed by atoms with E-state index in [2.05, 4.69) is 25.2 Å². The molecule has 4 rings (SSSR count). The second-order valence-corrected chi connectivity index (χ2v) is 8.09. The van der Waals surface area contributed by atoms with Crippen LogP contribution in [0.5, 0.6) is 0 Å². The van der Waals surface area contributed by atoms with Crippen molar-refractivity contribution in [3.05, 3.63) is 57.1 Å². The van der Waals surface area contributed by atoms with Crippen molar-refractivity contribution in [1.82, 2.24) is 15.0 Å². The van der Waals surface area contributed by atoms with Crippen molar-refractivity contribution >= 4 is 39.5 Å². The minimum Gasteiger partial charge on any atom is -0.368 e. The maximum absolute atomic E-state index is 13.2. The topological polar surface area (TPSA) is 100 Å². The number of benzene rings is 1. The van der Waals surface area contributed by atoms with Gasteiger partial charge in [-0.25, -0.2) is 19.3 Å². The molecule has 0 amide bonds. The summed E-state index contributed by atoms with van der Waals surface area (Å²) in [5.41, 5.74) is 1.62. The van der Waals surface area contributed by atoms with Crippen molar-refractivity contribution < 1.29 is 9.31 Å². The Morgan fingerprint density at radius 2 is 1.77 bits per heavy atom. The van der Waals surface area contributed by atoms with Crippen molar-refractivity contribution in [2.75, 3.05) is 41.3 Å². The first-order valence-corrected chi connectivity index (χ1v) is 10.2. The van der Waals surface area contributed by atoms with Crippen LogP contribution < -0.4 is 15.1 Å². The molecule has 0 saturated carbocycles. The molecule has 0 bridgehead atoms. The van der Waals surface area contributed by atoms with E-state index in [9.17, 15) is 14.5 Å². The minimum absolute atomic E-state index is 0.125. The van der Waals surface area contributed by atoms with Gasteiger partial charge in [-0.15, -0.1) is 11.3 Å². The fourth-order valence-electron chi connectivity index (χ4n) is 3.32. The predicted molar refractivity (Wildman–Crippen MR) is 114 cm³/mol. The van der Waals surface area contributed by atoms with Gasteiger partial charge in [-0.05, 0) is 38.1 Å². The van der Waals surface area contributed by atoms with Crippen molar-refractivity contribution in [2.24, 2.45) is 0 Å². The first-order chi connectivity index (χ1) is 14.4. The van der Waals surface area contributed by atoms with Crippen molar-refractivity contribution in [3.8, 4) is 0 Å². The van der Waals surface area contributed by atoms with E-state index in [1.807, 2.05) is 18.7 Å². The molecule has 0 aliphatic carbocycles. The Balaban J connectivity index is 1.55. The Hall–Kier alpha value is -3.34. The van der Waals surface area contributed by atoms with Crippen molar-refractivity contribution in [3.63, 3.8) is 0 Å². The number of halogens is 1. The number of rotatable bonds is 5. The fraction of sp³-hybridized carbons (Fsp3) is 0.316. The summed E-state index contributed by atoms with van der Waals surface area (Å²) in [6.45, 7) is 6.20. The minimum atomic E-state index is -0.461. The zero-order valence-corrected chi connectivity index (χ0v) is 17.3. The van der Waals surface area contributed by atoms with Crippen LogP contribution in [0.15, 0.2) is 30.6 Å². The summed E-state index contributed by atoms with van der Waals surface area (Å²) in [6.07, 6.45) is 1.32. The van der Waals surface area contributed by atoms with E-state index in [-0.39, 0.29) is 23.1 Å². The lowest BCUT2D eigenvalue weighted by Crippen LogP contribution is -2.47. The SMILES string of the molecule is Cc1nc(Nc2ncnc(N3CCN(c4ccc(F)cc4)CC3)c2[N+](=O)[O-])sc1C. The Bertz CT molecular complexity index is 1050. The van der Waals surface area contributed by atoms with E-state index in [0.29, 0.717) is 31.3 Å². The monoisotopic (exact) mass is 429 g/mol.